The summed E-state index contributed by atoms with van der Waals surface area (Å²) in [6, 6.07) is 9.96. The van der Waals surface area contributed by atoms with Crippen molar-refractivity contribution in [3.05, 3.63) is 63.2 Å². The highest BCUT2D eigenvalue weighted by Crippen LogP contribution is 2.23. The van der Waals surface area contributed by atoms with Crippen molar-refractivity contribution in [2.45, 2.75) is 20.3 Å². The molecule has 2 aromatic rings. The Bertz CT molecular complexity index is 722. The number of nitro groups is 1. The van der Waals surface area contributed by atoms with E-state index in [2.05, 4.69) is 6.07 Å². The highest BCUT2D eigenvalue weighted by molar-refractivity contribution is 5.80. The molecule has 0 bridgehead atoms. The predicted octanol–water partition coefficient (Wildman–Crippen LogP) is 3.87. The molecule has 126 valence electrons. The quantitative estimate of drug-likeness (QED) is 0.318. The molecule has 0 aliphatic carbocycles. The Labute approximate surface area is 140 Å². The van der Waals surface area contributed by atoms with E-state index in [0.29, 0.717) is 31.7 Å². The van der Waals surface area contributed by atoms with Gasteiger partial charge in [-0.05, 0) is 43.2 Å². The molecule has 0 aliphatic heterocycles. The Hall–Kier alpha value is -2.89. The van der Waals surface area contributed by atoms with Crippen LogP contribution in [0.15, 0.2) is 36.4 Å². The van der Waals surface area contributed by atoms with E-state index in [-0.39, 0.29) is 11.3 Å². The monoisotopic (exact) mass is 329 g/mol. The zero-order valence-electron chi connectivity index (χ0n) is 13.7. The molecule has 0 saturated heterocycles. The van der Waals surface area contributed by atoms with Crippen LogP contribution in [0.4, 0.5) is 5.69 Å². The van der Waals surface area contributed by atoms with Gasteiger partial charge >= 0.3 is 0 Å². The van der Waals surface area contributed by atoms with Gasteiger partial charge in [0.1, 0.15) is 11.5 Å². The largest absolute Gasteiger partial charge is 0.493 e. The molecular weight excluding hydrogens is 310 g/mol. The highest BCUT2D eigenvalue weighted by atomic mass is 16.6. The highest BCUT2D eigenvalue weighted by Gasteiger charge is 2.11. The first-order chi connectivity index (χ1) is 11.5. The molecular formula is C18H19NO5. The molecule has 0 N–H and O–H groups in total. The van der Waals surface area contributed by atoms with Gasteiger partial charge < -0.3 is 9.47 Å². The van der Waals surface area contributed by atoms with Gasteiger partial charge in [0.15, 0.2) is 6.29 Å². The minimum absolute atomic E-state index is 0.136. The first-order valence-corrected chi connectivity index (χ1v) is 7.57. The van der Waals surface area contributed by atoms with Gasteiger partial charge in [0.2, 0.25) is 0 Å². The van der Waals surface area contributed by atoms with Crippen molar-refractivity contribution in [2.24, 2.45) is 0 Å². The third-order valence-corrected chi connectivity index (χ3v) is 3.34. The topological polar surface area (TPSA) is 78.7 Å². The first kappa shape index (κ1) is 17.5. The molecule has 0 heterocycles. The Morgan fingerprint density at radius 3 is 2.33 bits per heavy atom. The minimum Gasteiger partial charge on any atom is -0.493 e. The average molecular weight is 329 g/mol. The second-order valence-corrected chi connectivity index (χ2v) is 5.47. The molecule has 2 aromatic carbocycles. The number of ether oxygens (including phenoxy) is 2. The van der Waals surface area contributed by atoms with E-state index in [1.807, 2.05) is 26.0 Å². The van der Waals surface area contributed by atoms with E-state index in [4.69, 9.17) is 9.47 Å². The lowest BCUT2D eigenvalue weighted by Crippen LogP contribution is -2.06. The van der Waals surface area contributed by atoms with E-state index in [0.717, 1.165) is 16.9 Å². The normalized spacial score (nSPS) is 10.2. The summed E-state index contributed by atoms with van der Waals surface area (Å²) in [4.78, 5) is 21.2. The summed E-state index contributed by atoms with van der Waals surface area (Å²) in [6.07, 6.45) is 1.18. The summed E-state index contributed by atoms with van der Waals surface area (Å²) in [5.41, 5.74) is 2.31. The lowest BCUT2D eigenvalue weighted by molar-refractivity contribution is -0.384. The van der Waals surface area contributed by atoms with E-state index < -0.39 is 4.92 Å². The molecule has 6 heteroatoms. The van der Waals surface area contributed by atoms with Crippen molar-refractivity contribution >= 4 is 12.0 Å². The molecule has 2 rings (SSSR count). The number of aldehydes is 1. The smallest absolute Gasteiger partial charge is 0.270 e. The van der Waals surface area contributed by atoms with Crippen LogP contribution in [0.2, 0.25) is 0 Å². The maximum Gasteiger partial charge on any atom is 0.270 e. The average Bonchev–Trinajstić information content (AvgIpc) is 2.53. The molecule has 0 radical (unpaired) electrons. The van der Waals surface area contributed by atoms with Crippen LogP contribution in [0, 0.1) is 24.0 Å². The molecule has 24 heavy (non-hydrogen) atoms. The number of nitrogens with zero attached hydrogens (tertiary/aromatic N) is 1. The number of hydrogen-bond acceptors (Lipinski definition) is 5. The third-order valence-electron chi connectivity index (χ3n) is 3.34. The Morgan fingerprint density at radius 2 is 1.71 bits per heavy atom. The molecule has 0 fully saturated rings. The van der Waals surface area contributed by atoms with Gasteiger partial charge in [0, 0.05) is 18.6 Å². The fraction of sp³-hybridized carbons (Fsp3) is 0.278. The van der Waals surface area contributed by atoms with Crippen molar-refractivity contribution < 1.29 is 19.2 Å². The van der Waals surface area contributed by atoms with Gasteiger partial charge in [-0.2, -0.15) is 0 Å². The van der Waals surface area contributed by atoms with Gasteiger partial charge in [-0.15, -0.1) is 0 Å². The Morgan fingerprint density at radius 1 is 1.04 bits per heavy atom. The SMILES string of the molecule is Cc1cc(C)cc(OCCCOc2ccc([N+](=O)[O-])cc2C=O)c1. The summed E-state index contributed by atoms with van der Waals surface area (Å²) >= 11 is 0. The van der Waals surface area contributed by atoms with Crippen molar-refractivity contribution in [2.75, 3.05) is 13.2 Å². The third kappa shape index (κ3) is 4.81. The van der Waals surface area contributed by atoms with Crippen LogP contribution in [0.5, 0.6) is 11.5 Å². The fourth-order valence-electron chi connectivity index (χ4n) is 2.32. The van der Waals surface area contributed by atoms with Gasteiger partial charge in [0.25, 0.3) is 5.69 Å². The minimum atomic E-state index is -0.547. The van der Waals surface area contributed by atoms with Crippen molar-refractivity contribution in [3.8, 4) is 11.5 Å². The second kappa shape index (κ2) is 8.10. The van der Waals surface area contributed by atoms with Crippen LogP contribution in [-0.2, 0) is 0 Å². The van der Waals surface area contributed by atoms with Crippen molar-refractivity contribution in [1.82, 2.24) is 0 Å². The Balaban J connectivity index is 1.84. The maximum atomic E-state index is 11.0. The molecule has 6 nitrogen and oxygen atoms in total. The number of non-ortho nitro benzene ring substituents is 1. The molecule has 0 saturated carbocycles. The summed E-state index contributed by atoms with van der Waals surface area (Å²) in [5.74, 6) is 1.15. The van der Waals surface area contributed by atoms with Crippen LogP contribution in [-0.4, -0.2) is 24.4 Å². The van der Waals surface area contributed by atoms with Crippen LogP contribution in [0.25, 0.3) is 0 Å². The molecule has 0 spiro atoms. The predicted molar refractivity (Wildman–Crippen MR) is 90.0 cm³/mol. The number of carbonyl (C=O) groups is 1. The number of hydrogen-bond donors (Lipinski definition) is 0. The van der Waals surface area contributed by atoms with Gasteiger partial charge in [-0.3, -0.25) is 14.9 Å². The molecule has 0 amide bonds. The van der Waals surface area contributed by atoms with Gasteiger partial charge in [-0.25, -0.2) is 0 Å². The molecule has 0 aromatic heterocycles. The molecule has 0 unspecified atom stereocenters. The van der Waals surface area contributed by atoms with Crippen LogP contribution < -0.4 is 9.47 Å². The summed E-state index contributed by atoms with van der Waals surface area (Å²) in [6.45, 7) is 4.85. The zero-order chi connectivity index (χ0) is 17.5. The maximum absolute atomic E-state index is 11.0. The first-order valence-electron chi connectivity index (χ1n) is 7.57. The summed E-state index contributed by atoms with van der Waals surface area (Å²) in [5, 5.41) is 10.7. The zero-order valence-corrected chi connectivity index (χ0v) is 13.7. The number of rotatable bonds is 8. The number of carbonyl (C=O) groups excluding carboxylic acids is 1. The summed E-state index contributed by atoms with van der Waals surface area (Å²) < 4.78 is 11.2. The Kier molecular flexibility index (Phi) is 5.89. The van der Waals surface area contributed by atoms with E-state index in [1.165, 1.54) is 18.2 Å². The lowest BCUT2D eigenvalue weighted by atomic mass is 10.1. The number of nitro benzene ring substituents is 1. The van der Waals surface area contributed by atoms with Crippen molar-refractivity contribution in [3.63, 3.8) is 0 Å². The van der Waals surface area contributed by atoms with E-state index in [1.54, 1.807) is 0 Å². The second-order valence-electron chi connectivity index (χ2n) is 5.47. The van der Waals surface area contributed by atoms with Gasteiger partial charge in [-0.1, -0.05) is 6.07 Å². The van der Waals surface area contributed by atoms with Crippen molar-refractivity contribution in [1.29, 1.82) is 0 Å². The molecule has 0 atom stereocenters. The molecule has 0 aliphatic rings. The van der Waals surface area contributed by atoms with E-state index in [9.17, 15) is 14.9 Å². The number of aryl methyl sites for hydroxylation is 2. The van der Waals surface area contributed by atoms with Crippen LogP contribution in [0.1, 0.15) is 27.9 Å². The standard InChI is InChI=1S/C18H19NO5/c1-13-8-14(2)10-17(9-13)23-6-3-7-24-18-5-4-16(19(21)22)11-15(18)12-20/h4-5,8-12H,3,6-7H2,1-2H3. The van der Waals surface area contributed by atoms with Gasteiger partial charge in [0.05, 0.1) is 23.7 Å². The van der Waals surface area contributed by atoms with Crippen LogP contribution >= 0.6 is 0 Å². The summed E-state index contributed by atoms with van der Waals surface area (Å²) in [7, 11) is 0. The lowest BCUT2D eigenvalue weighted by Gasteiger charge is -2.10. The van der Waals surface area contributed by atoms with E-state index >= 15 is 0 Å². The number of benzene rings is 2. The fourth-order valence-corrected chi connectivity index (χ4v) is 2.32. The van der Waals surface area contributed by atoms with Crippen LogP contribution in [0.3, 0.4) is 0 Å².